The number of rotatable bonds is 6. The van der Waals surface area contributed by atoms with Gasteiger partial charge in [-0.1, -0.05) is 0 Å². The summed E-state index contributed by atoms with van der Waals surface area (Å²) in [5.74, 6) is -0.121. The van der Waals surface area contributed by atoms with Crippen molar-refractivity contribution in [2.45, 2.75) is 11.8 Å². The van der Waals surface area contributed by atoms with Crippen LogP contribution in [0.5, 0.6) is 17.2 Å². The lowest BCUT2D eigenvalue weighted by atomic mass is 10.1. The van der Waals surface area contributed by atoms with Gasteiger partial charge in [0.2, 0.25) is 0 Å². The van der Waals surface area contributed by atoms with Crippen molar-refractivity contribution in [3.05, 3.63) is 66.2 Å². The zero-order valence-electron chi connectivity index (χ0n) is 19.1. The standard InChI is InChI=1S/C24H21N5O6S/c1-13-9-20(21(35-2)12-19(13)27-26-16-4-6-17(30)7-5-16)28-29-23-22(36(32,33)34)11-14-10-15(25)3-8-18(14)24(23)31/h3-12,30-31H,25H2,1-2H3,(H,32,33,34). The first-order valence-electron chi connectivity index (χ1n) is 10.4. The Morgan fingerprint density at radius 1 is 0.861 bits per heavy atom. The van der Waals surface area contributed by atoms with Crippen LogP contribution in [0.25, 0.3) is 10.8 Å². The Bertz CT molecular complexity index is 1630. The summed E-state index contributed by atoms with van der Waals surface area (Å²) in [4.78, 5) is -0.628. The van der Waals surface area contributed by atoms with Gasteiger partial charge in [0.25, 0.3) is 10.1 Å². The van der Waals surface area contributed by atoms with Gasteiger partial charge < -0.3 is 20.7 Å². The van der Waals surface area contributed by atoms with Crippen molar-refractivity contribution in [3.63, 3.8) is 0 Å². The van der Waals surface area contributed by atoms with Crippen LogP contribution in [-0.2, 0) is 10.1 Å². The second-order valence-corrected chi connectivity index (χ2v) is 9.14. The third kappa shape index (κ3) is 5.09. The lowest BCUT2D eigenvalue weighted by molar-refractivity contribution is 0.416. The number of nitrogens with zero attached hydrogens (tertiary/aromatic N) is 4. The number of phenolic OH excluding ortho intramolecular Hbond substituents is 2. The van der Waals surface area contributed by atoms with Crippen molar-refractivity contribution in [2.24, 2.45) is 20.5 Å². The van der Waals surface area contributed by atoms with Crippen molar-refractivity contribution >= 4 is 49.3 Å². The van der Waals surface area contributed by atoms with Crippen molar-refractivity contribution < 1.29 is 27.9 Å². The number of methoxy groups -OCH3 is 1. The molecule has 4 rings (SSSR count). The van der Waals surface area contributed by atoms with Gasteiger partial charge in [0, 0.05) is 17.1 Å². The number of hydrogen-bond donors (Lipinski definition) is 4. The number of hydrogen-bond acceptors (Lipinski definition) is 10. The van der Waals surface area contributed by atoms with Crippen molar-refractivity contribution in [2.75, 3.05) is 12.8 Å². The van der Waals surface area contributed by atoms with Crippen molar-refractivity contribution in [3.8, 4) is 17.2 Å². The van der Waals surface area contributed by atoms with E-state index in [1.165, 1.54) is 37.4 Å². The molecule has 4 aromatic rings. The van der Waals surface area contributed by atoms with Crippen LogP contribution in [0, 0.1) is 6.92 Å². The Balaban J connectivity index is 1.77. The van der Waals surface area contributed by atoms with E-state index in [0.29, 0.717) is 28.0 Å². The number of anilines is 1. The maximum Gasteiger partial charge on any atom is 0.296 e. The lowest BCUT2D eigenvalue weighted by Crippen LogP contribution is -1.99. The highest BCUT2D eigenvalue weighted by atomic mass is 32.2. The molecule has 11 nitrogen and oxygen atoms in total. The van der Waals surface area contributed by atoms with Crippen LogP contribution in [0.3, 0.4) is 0 Å². The summed E-state index contributed by atoms with van der Waals surface area (Å²) >= 11 is 0. The van der Waals surface area contributed by atoms with Crippen molar-refractivity contribution in [1.82, 2.24) is 0 Å². The second kappa shape index (κ2) is 9.60. The van der Waals surface area contributed by atoms with E-state index < -0.39 is 26.5 Å². The second-order valence-electron chi connectivity index (χ2n) is 7.75. The molecule has 0 amide bonds. The molecule has 12 heteroatoms. The van der Waals surface area contributed by atoms with E-state index in [1.807, 2.05) is 0 Å². The highest BCUT2D eigenvalue weighted by Gasteiger charge is 2.22. The van der Waals surface area contributed by atoms with Crippen LogP contribution in [-0.4, -0.2) is 30.3 Å². The number of ether oxygens (including phenoxy) is 1. The Labute approximate surface area is 206 Å². The molecule has 0 spiro atoms. The number of nitrogens with two attached hydrogens (primary N) is 1. The third-order valence-electron chi connectivity index (χ3n) is 5.23. The fourth-order valence-electron chi connectivity index (χ4n) is 3.41. The molecule has 0 radical (unpaired) electrons. The fourth-order valence-corrected chi connectivity index (χ4v) is 4.07. The molecule has 36 heavy (non-hydrogen) atoms. The molecule has 0 bridgehead atoms. The van der Waals surface area contributed by atoms with Crippen LogP contribution in [0.2, 0.25) is 0 Å². The van der Waals surface area contributed by atoms with E-state index in [9.17, 15) is 23.2 Å². The number of nitrogen functional groups attached to an aromatic ring is 1. The van der Waals surface area contributed by atoms with Crippen LogP contribution in [0.4, 0.5) is 28.4 Å². The number of benzene rings is 4. The first kappa shape index (κ1) is 24.6. The molecule has 0 fully saturated rings. The topological polar surface area (TPSA) is 180 Å². The minimum absolute atomic E-state index is 0.111. The summed E-state index contributed by atoms with van der Waals surface area (Å²) in [5.41, 5.74) is 7.54. The zero-order chi connectivity index (χ0) is 26.0. The van der Waals surface area contributed by atoms with Crippen LogP contribution < -0.4 is 10.5 Å². The van der Waals surface area contributed by atoms with Gasteiger partial charge in [-0.05, 0) is 72.5 Å². The summed E-state index contributed by atoms with van der Waals surface area (Å²) in [6.45, 7) is 1.76. The predicted octanol–water partition coefficient (Wildman–Crippen LogP) is 6.23. The molecule has 184 valence electrons. The average Bonchev–Trinajstić information content (AvgIpc) is 2.83. The summed E-state index contributed by atoms with van der Waals surface area (Å²) < 4.78 is 39.2. The Morgan fingerprint density at radius 2 is 1.56 bits per heavy atom. The van der Waals surface area contributed by atoms with Crippen molar-refractivity contribution in [1.29, 1.82) is 0 Å². The molecule has 0 unspecified atom stereocenters. The normalized spacial score (nSPS) is 12.1. The molecule has 0 heterocycles. The summed E-state index contributed by atoms with van der Waals surface area (Å²) in [6, 6.07) is 15.0. The molecule has 0 saturated carbocycles. The van der Waals surface area contributed by atoms with Gasteiger partial charge in [0.15, 0.2) is 5.75 Å². The Kier molecular flexibility index (Phi) is 6.55. The summed E-state index contributed by atoms with van der Waals surface area (Å²) in [7, 11) is -3.35. The Morgan fingerprint density at radius 3 is 2.22 bits per heavy atom. The highest BCUT2D eigenvalue weighted by Crippen LogP contribution is 2.43. The van der Waals surface area contributed by atoms with E-state index in [4.69, 9.17) is 10.5 Å². The molecule has 0 aliphatic heterocycles. The van der Waals surface area contributed by atoms with E-state index >= 15 is 0 Å². The van der Waals surface area contributed by atoms with E-state index in [1.54, 1.807) is 31.2 Å². The van der Waals surface area contributed by atoms with Gasteiger partial charge in [-0.25, -0.2) is 0 Å². The number of phenols is 2. The van der Waals surface area contributed by atoms with Gasteiger partial charge in [-0.15, -0.1) is 10.2 Å². The first-order valence-corrected chi connectivity index (χ1v) is 11.8. The maximum absolute atomic E-state index is 12.0. The first-order chi connectivity index (χ1) is 17.1. The maximum atomic E-state index is 12.0. The smallest absolute Gasteiger partial charge is 0.296 e. The zero-order valence-corrected chi connectivity index (χ0v) is 19.9. The van der Waals surface area contributed by atoms with Crippen LogP contribution in [0.15, 0.2) is 86.0 Å². The Hall–Kier alpha value is -4.55. The molecule has 0 aliphatic carbocycles. The fraction of sp³-hybridized carbons (Fsp3) is 0.0833. The van der Waals surface area contributed by atoms with Gasteiger partial charge in [0.1, 0.15) is 27.8 Å². The third-order valence-corrected chi connectivity index (χ3v) is 6.10. The monoisotopic (exact) mass is 507 g/mol. The largest absolute Gasteiger partial charge is 0.508 e. The van der Waals surface area contributed by atoms with Gasteiger partial charge in [-0.2, -0.15) is 18.6 Å². The number of fused-ring (bicyclic) bond motifs is 1. The lowest BCUT2D eigenvalue weighted by Gasteiger charge is -2.10. The van der Waals surface area contributed by atoms with Gasteiger partial charge in [-0.3, -0.25) is 4.55 Å². The number of aryl methyl sites for hydroxylation is 1. The van der Waals surface area contributed by atoms with Crippen LogP contribution in [0.1, 0.15) is 5.56 Å². The predicted molar refractivity (Wildman–Crippen MR) is 134 cm³/mol. The molecule has 0 aliphatic rings. The minimum Gasteiger partial charge on any atom is -0.508 e. The van der Waals surface area contributed by atoms with Gasteiger partial charge in [0.05, 0.1) is 18.5 Å². The number of azo groups is 2. The molecular formula is C24H21N5O6S. The summed E-state index contributed by atoms with van der Waals surface area (Å²) in [6.07, 6.45) is 0. The quantitative estimate of drug-likeness (QED) is 0.136. The molecular weight excluding hydrogens is 486 g/mol. The molecule has 5 N–H and O–H groups in total. The highest BCUT2D eigenvalue weighted by molar-refractivity contribution is 7.86. The molecule has 0 saturated heterocycles. The van der Waals surface area contributed by atoms with Crippen LogP contribution >= 0.6 is 0 Å². The molecule has 0 aromatic heterocycles. The summed E-state index contributed by atoms with van der Waals surface area (Å²) in [5, 5.41) is 37.1. The average molecular weight is 508 g/mol. The van der Waals surface area contributed by atoms with E-state index in [-0.39, 0.29) is 22.6 Å². The minimum atomic E-state index is -4.76. The molecule has 4 aromatic carbocycles. The van der Waals surface area contributed by atoms with E-state index in [2.05, 4.69) is 20.5 Å². The number of aromatic hydroxyl groups is 2. The van der Waals surface area contributed by atoms with E-state index in [0.717, 1.165) is 6.07 Å². The molecule has 0 atom stereocenters. The van der Waals surface area contributed by atoms with Gasteiger partial charge >= 0.3 is 0 Å². The SMILES string of the molecule is COc1cc(N=Nc2ccc(O)cc2)c(C)cc1N=Nc1c(S(=O)(=O)O)cc2cc(N)ccc2c1O.